The van der Waals surface area contributed by atoms with Gasteiger partial charge in [-0.2, -0.15) is 0 Å². The predicted molar refractivity (Wildman–Crippen MR) is 77.5 cm³/mol. The van der Waals surface area contributed by atoms with Gasteiger partial charge in [-0.15, -0.1) is 6.58 Å². The van der Waals surface area contributed by atoms with E-state index in [1.165, 1.54) is 12.5 Å². The van der Waals surface area contributed by atoms with Gasteiger partial charge in [-0.3, -0.25) is 4.79 Å². The van der Waals surface area contributed by atoms with Gasteiger partial charge in [-0.05, 0) is 24.8 Å². The highest BCUT2D eigenvalue weighted by Crippen LogP contribution is 2.04. The molecule has 1 aromatic carbocycles. The monoisotopic (exact) mass is 256 g/mol. The quantitative estimate of drug-likeness (QED) is 0.442. The third-order valence-corrected chi connectivity index (χ3v) is 2.59. The molecule has 0 unspecified atom stereocenters. The van der Waals surface area contributed by atoms with Crippen molar-refractivity contribution in [3.05, 3.63) is 48.6 Å². The molecule has 0 saturated heterocycles. The number of carbonyl (C=O) groups is 1. The van der Waals surface area contributed by atoms with Gasteiger partial charge in [0, 0.05) is 13.3 Å². The topological polar surface area (TPSA) is 26.3 Å². The number of aryl methyl sites for hydroxylation is 1. The normalized spacial score (nSPS) is 11.0. The fourth-order valence-corrected chi connectivity index (χ4v) is 1.67. The van der Waals surface area contributed by atoms with Crippen molar-refractivity contribution in [1.29, 1.82) is 0 Å². The Morgan fingerprint density at radius 2 is 2.16 bits per heavy atom. The zero-order valence-electron chi connectivity index (χ0n) is 11.4. The van der Waals surface area contributed by atoms with Crippen molar-refractivity contribution in [2.45, 2.75) is 38.7 Å². The predicted octanol–water partition coefficient (Wildman–Crippen LogP) is 3.52. The van der Waals surface area contributed by atoms with E-state index < -0.39 is 0 Å². The summed E-state index contributed by atoms with van der Waals surface area (Å²) in [5, 5.41) is 0. The Kier molecular flexibility index (Phi) is 7.12. The van der Waals surface area contributed by atoms with Crippen molar-refractivity contribution in [3.63, 3.8) is 0 Å². The highest BCUT2D eigenvalue weighted by atomic mass is 16.5. The number of carbonyl (C=O) groups excluding carboxylic acids is 1. The first-order chi connectivity index (χ1) is 9.22. The molecule has 0 aromatic heterocycles. The third kappa shape index (κ3) is 7.10. The van der Waals surface area contributed by atoms with Gasteiger partial charge in [0.05, 0.1) is 0 Å². The van der Waals surface area contributed by atoms with Gasteiger partial charge in [-0.1, -0.05) is 48.2 Å². The summed E-state index contributed by atoms with van der Waals surface area (Å²) in [5.41, 5.74) is 1.27. The fourth-order valence-electron chi connectivity index (χ4n) is 1.67. The summed E-state index contributed by atoms with van der Waals surface area (Å²) in [5.74, 6) is 5.82. The van der Waals surface area contributed by atoms with Gasteiger partial charge in [0.15, 0.2) is 6.10 Å². The Labute approximate surface area is 115 Å². The van der Waals surface area contributed by atoms with E-state index in [1.807, 2.05) is 24.3 Å². The lowest BCUT2D eigenvalue weighted by molar-refractivity contribution is -0.143. The van der Waals surface area contributed by atoms with Crippen LogP contribution in [0.15, 0.2) is 43.0 Å². The molecule has 0 aliphatic rings. The number of rotatable bonds is 6. The van der Waals surface area contributed by atoms with E-state index in [0.717, 1.165) is 19.3 Å². The second kappa shape index (κ2) is 8.99. The minimum atomic E-state index is -0.314. The average Bonchev–Trinajstić information content (AvgIpc) is 2.41. The smallest absolute Gasteiger partial charge is 0.303 e. The van der Waals surface area contributed by atoms with E-state index in [0.29, 0.717) is 6.42 Å². The summed E-state index contributed by atoms with van der Waals surface area (Å²) in [7, 11) is 0. The first-order valence-electron chi connectivity index (χ1n) is 6.53. The largest absolute Gasteiger partial charge is 0.449 e. The number of esters is 1. The van der Waals surface area contributed by atoms with E-state index in [9.17, 15) is 4.79 Å². The molecular formula is C17H20O2. The maximum atomic E-state index is 11.0. The molecule has 0 aliphatic heterocycles. The lowest BCUT2D eigenvalue weighted by Gasteiger charge is -2.09. The summed E-state index contributed by atoms with van der Waals surface area (Å²) in [6.07, 6.45) is 4.69. The van der Waals surface area contributed by atoms with Gasteiger partial charge >= 0.3 is 5.97 Å². The minimum absolute atomic E-state index is 0.286. The summed E-state index contributed by atoms with van der Waals surface area (Å²) < 4.78 is 5.14. The van der Waals surface area contributed by atoms with Gasteiger partial charge in [0.25, 0.3) is 0 Å². The molecule has 0 N–H and O–H groups in total. The van der Waals surface area contributed by atoms with Crippen LogP contribution in [0.1, 0.15) is 31.7 Å². The van der Waals surface area contributed by atoms with Crippen LogP contribution in [-0.2, 0) is 16.0 Å². The van der Waals surface area contributed by atoms with Crippen molar-refractivity contribution < 1.29 is 9.53 Å². The zero-order chi connectivity index (χ0) is 13.9. The van der Waals surface area contributed by atoms with Gasteiger partial charge in [0.2, 0.25) is 0 Å². The van der Waals surface area contributed by atoms with Crippen molar-refractivity contribution in [1.82, 2.24) is 0 Å². The van der Waals surface area contributed by atoms with Gasteiger partial charge < -0.3 is 4.74 Å². The SMILES string of the molecule is C=CCC[C@H](C#CCCc1ccccc1)OC(C)=O. The van der Waals surface area contributed by atoms with Crippen molar-refractivity contribution in [3.8, 4) is 11.8 Å². The first-order valence-corrected chi connectivity index (χ1v) is 6.53. The summed E-state index contributed by atoms with van der Waals surface area (Å²) in [6.45, 7) is 5.07. The molecule has 1 atom stereocenters. The highest BCUT2D eigenvalue weighted by Gasteiger charge is 2.06. The third-order valence-electron chi connectivity index (χ3n) is 2.59. The van der Waals surface area contributed by atoms with E-state index in [1.54, 1.807) is 0 Å². The van der Waals surface area contributed by atoms with E-state index in [-0.39, 0.29) is 12.1 Å². The molecule has 100 valence electrons. The molecule has 0 bridgehead atoms. The maximum absolute atomic E-state index is 11.0. The Hall–Kier alpha value is -2.01. The Bertz CT molecular complexity index is 451. The van der Waals surface area contributed by atoms with Crippen molar-refractivity contribution >= 4 is 5.97 Å². The highest BCUT2D eigenvalue weighted by molar-refractivity contribution is 5.66. The Morgan fingerprint density at radius 3 is 2.79 bits per heavy atom. The molecule has 1 rings (SSSR count). The molecule has 0 spiro atoms. The van der Waals surface area contributed by atoms with Crippen LogP contribution in [0, 0.1) is 11.8 Å². The van der Waals surface area contributed by atoms with Gasteiger partial charge in [-0.25, -0.2) is 0 Å². The molecule has 0 aliphatic carbocycles. The van der Waals surface area contributed by atoms with E-state index in [2.05, 4.69) is 30.6 Å². The van der Waals surface area contributed by atoms with Crippen LogP contribution in [0.4, 0.5) is 0 Å². The average molecular weight is 256 g/mol. The second-order valence-corrected chi connectivity index (χ2v) is 4.27. The molecule has 19 heavy (non-hydrogen) atoms. The molecule has 2 heteroatoms. The van der Waals surface area contributed by atoms with Crippen LogP contribution in [0.2, 0.25) is 0 Å². The van der Waals surface area contributed by atoms with Crippen molar-refractivity contribution in [2.75, 3.05) is 0 Å². The number of hydrogen-bond acceptors (Lipinski definition) is 2. The minimum Gasteiger partial charge on any atom is -0.449 e. The first kappa shape index (κ1) is 15.0. The summed E-state index contributed by atoms with van der Waals surface area (Å²) in [6, 6.07) is 10.2. The zero-order valence-corrected chi connectivity index (χ0v) is 11.4. The lowest BCUT2D eigenvalue weighted by Crippen LogP contribution is -2.13. The fraction of sp³-hybridized carbons (Fsp3) is 0.353. The van der Waals surface area contributed by atoms with Crippen LogP contribution in [0.3, 0.4) is 0 Å². The van der Waals surface area contributed by atoms with Crippen LogP contribution >= 0.6 is 0 Å². The molecule has 0 fully saturated rings. The number of ether oxygens (including phenoxy) is 1. The lowest BCUT2D eigenvalue weighted by atomic mass is 10.1. The molecule has 0 saturated carbocycles. The number of benzene rings is 1. The Balaban J connectivity index is 2.43. The van der Waals surface area contributed by atoms with Crippen molar-refractivity contribution in [2.24, 2.45) is 0 Å². The van der Waals surface area contributed by atoms with Crippen LogP contribution in [-0.4, -0.2) is 12.1 Å². The van der Waals surface area contributed by atoms with Crippen LogP contribution in [0.5, 0.6) is 0 Å². The molecule has 0 radical (unpaired) electrons. The Morgan fingerprint density at radius 1 is 1.42 bits per heavy atom. The van der Waals surface area contributed by atoms with E-state index in [4.69, 9.17) is 4.74 Å². The molecule has 2 nitrogen and oxygen atoms in total. The standard InChI is InChI=1S/C17H20O2/c1-3-4-13-17(19-15(2)18)14-9-8-12-16-10-6-5-7-11-16/h3,5-7,10-11,17H,1,4,8,12-13H2,2H3/t17-/m1/s1. The molecule has 0 amide bonds. The molecular weight excluding hydrogens is 236 g/mol. The second-order valence-electron chi connectivity index (χ2n) is 4.27. The summed E-state index contributed by atoms with van der Waals surface area (Å²) >= 11 is 0. The summed E-state index contributed by atoms with van der Waals surface area (Å²) in [4.78, 5) is 11.0. The number of hydrogen-bond donors (Lipinski definition) is 0. The molecule has 0 heterocycles. The molecule has 1 aromatic rings. The number of allylic oxidation sites excluding steroid dienone is 1. The van der Waals surface area contributed by atoms with Crippen LogP contribution in [0.25, 0.3) is 0 Å². The van der Waals surface area contributed by atoms with Gasteiger partial charge in [0.1, 0.15) is 0 Å². The maximum Gasteiger partial charge on any atom is 0.303 e. The van der Waals surface area contributed by atoms with Crippen LogP contribution < -0.4 is 0 Å². The van der Waals surface area contributed by atoms with E-state index >= 15 is 0 Å².